The van der Waals surface area contributed by atoms with E-state index in [1.807, 2.05) is 31.2 Å². The molecule has 4 heteroatoms. The summed E-state index contributed by atoms with van der Waals surface area (Å²) in [7, 11) is 0. The molecule has 2 rings (SSSR count). The second-order valence-corrected chi connectivity index (χ2v) is 4.37. The van der Waals surface area contributed by atoms with E-state index in [9.17, 15) is 9.18 Å². The zero-order valence-corrected chi connectivity index (χ0v) is 10.5. The van der Waals surface area contributed by atoms with Crippen molar-refractivity contribution < 1.29 is 14.3 Å². The van der Waals surface area contributed by atoms with Crippen LogP contribution in [0.15, 0.2) is 42.5 Å². The van der Waals surface area contributed by atoms with Gasteiger partial charge in [-0.2, -0.15) is 0 Å². The van der Waals surface area contributed by atoms with Crippen molar-refractivity contribution in [3.63, 3.8) is 0 Å². The first kappa shape index (κ1) is 13.1. The van der Waals surface area contributed by atoms with E-state index in [-0.39, 0.29) is 6.42 Å². The zero-order valence-electron chi connectivity index (χ0n) is 10.5. The van der Waals surface area contributed by atoms with E-state index < -0.39 is 11.8 Å². The summed E-state index contributed by atoms with van der Waals surface area (Å²) in [4.78, 5) is 10.8. The topological polar surface area (TPSA) is 49.3 Å². The Labute approximate surface area is 110 Å². The van der Waals surface area contributed by atoms with Gasteiger partial charge >= 0.3 is 5.97 Å². The summed E-state index contributed by atoms with van der Waals surface area (Å²) in [5.74, 6) is -1.43. The van der Waals surface area contributed by atoms with Gasteiger partial charge in [0.1, 0.15) is 5.82 Å². The molecule has 0 heterocycles. The fourth-order valence-corrected chi connectivity index (χ4v) is 1.87. The van der Waals surface area contributed by atoms with E-state index in [4.69, 9.17) is 5.11 Å². The molecule has 0 bridgehead atoms. The van der Waals surface area contributed by atoms with Crippen molar-refractivity contribution in [3.8, 4) is 0 Å². The molecule has 2 aromatic rings. The van der Waals surface area contributed by atoms with E-state index in [1.54, 1.807) is 6.07 Å². The SMILES string of the molecule is Cc1cccc(Nc2ccc(F)cc2CC(=O)O)c1. The molecule has 0 atom stereocenters. The average Bonchev–Trinajstić information content (AvgIpc) is 2.32. The predicted molar refractivity (Wildman–Crippen MR) is 72.2 cm³/mol. The summed E-state index contributed by atoms with van der Waals surface area (Å²) in [5.41, 5.74) is 2.97. The number of benzene rings is 2. The largest absolute Gasteiger partial charge is 0.481 e. The smallest absolute Gasteiger partial charge is 0.307 e. The van der Waals surface area contributed by atoms with Gasteiger partial charge in [0.15, 0.2) is 0 Å². The normalized spacial score (nSPS) is 10.2. The lowest BCUT2D eigenvalue weighted by atomic mass is 10.1. The van der Waals surface area contributed by atoms with Crippen molar-refractivity contribution in [1.29, 1.82) is 0 Å². The van der Waals surface area contributed by atoms with Crippen LogP contribution in [0.2, 0.25) is 0 Å². The highest BCUT2D eigenvalue weighted by atomic mass is 19.1. The van der Waals surface area contributed by atoms with Crippen molar-refractivity contribution in [2.24, 2.45) is 0 Å². The molecule has 0 saturated carbocycles. The van der Waals surface area contributed by atoms with Crippen molar-refractivity contribution >= 4 is 17.3 Å². The van der Waals surface area contributed by atoms with E-state index in [1.165, 1.54) is 12.1 Å². The molecular formula is C15H14FNO2. The van der Waals surface area contributed by atoms with Gasteiger partial charge in [0.2, 0.25) is 0 Å². The van der Waals surface area contributed by atoms with Crippen LogP contribution in [0.1, 0.15) is 11.1 Å². The fraction of sp³-hybridized carbons (Fsp3) is 0.133. The Hall–Kier alpha value is -2.36. The molecule has 0 fully saturated rings. The Morgan fingerprint density at radius 2 is 2.05 bits per heavy atom. The minimum atomic E-state index is -0.988. The molecule has 0 spiro atoms. The molecule has 98 valence electrons. The summed E-state index contributed by atoms with van der Waals surface area (Å²) < 4.78 is 13.2. The van der Waals surface area contributed by atoms with Crippen LogP contribution in [0.3, 0.4) is 0 Å². The van der Waals surface area contributed by atoms with Crippen LogP contribution in [0.25, 0.3) is 0 Å². The van der Waals surface area contributed by atoms with Gasteiger partial charge in [-0.3, -0.25) is 4.79 Å². The maximum absolute atomic E-state index is 13.2. The Kier molecular flexibility index (Phi) is 3.80. The quantitative estimate of drug-likeness (QED) is 0.883. The van der Waals surface area contributed by atoms with Gasteiger partial charge in [-0.15, -0.1) is 0 Å². The van der Waals surface area contributed by atoms with Gasteiger partial charge in [-0.1, -0.05) is 12.1 Å². The summed E-state index contributed by atoms with van der Waals surface area (Å²) in [6.07, 6.45) is -0.216. The van der Waals surface area contributed by atoms with E-state index in [0.29, 0.717) is 11.3 Å². The van der Waals surface area contributed by atoms with Gasteiger partial charge in [-0.25, -0.2) is 4.39 Å². The van der Waals surface area contributed by atoms with Gasteiger partial charge in [0, 0.05) is 11.4 Å². The second kappa shape index (κ2) is 5.52. The molecule has 0 aromatic heterocycles. The third kappa shape index (κ3) is 3.55. The Bertz CT molecular complexity index is 611. The van der Waals surface area contributed by atoms with Crippen molar-refractivity contribution in [1.82, 2.24) is 0 Å². The van der Waals surface area contributed by atoms with E-state index in [2.05, 4.69) is 5.32 Å². The fourth-order valence-electron chi connectivity index (χ4n) is 1.87. The first-order valence-electron chi connectivity index (χ1n) is 5.88. The summed E-state index contributed by atoms with van der Waals surface area (Å²) in [5, 5.41) is 12.0. The number of carboxylic acid groups (broad SMARTS) is 1. The maximum Gasteiger partial charge on any atom is 0.307 e. The molecule has 0 amide bonds. The Balaban J connectivity index is 2.31. The Morgan fingerprint density at radius 1 is 1.26 bits per heavy atom. The molecule has 19 heavy (non-hydrogen) atoms. The minimum absolute atomic E-state index is 0.216. The molecule has 0 unspecified atom stereocenters. The standard InChI is InChI=1S/C15H14FNO2/c1-10-3-2-4-13(7-10)17-14-6-5-12(16)8-11(14)9-15(18)19/h2-8,17H,9H2,1H3,(H,18,19). The molecule has 0 aliphatic heterocycles. The van der Waals surface area contributed by atoms with Gasteiger partial charge in [0.25, 0.3) is 0 Å². The minimum Gasteiger partial charge on any atom is -0.481 e. The monoisotopic (exact) mass is 259 g/mol. The van der Waals surface area contributed by atoms with Crippen LogP contribution in [0.5, 0.6) is 0 Å². The zero-order chi connectivity index (χ0) is 13.8. The number of halogens is 1. The lowest BCUT2D eigenvalue weighted by Gasteiger charge is -2.11. The highest BCUT2D eigenvalue weighted by Crippen LogP contribution is 2.23. The first-order valence-corrected chi connectivity index (χ1v) is 5.88. The average molecular weight is 259 g/mol. The molecule has 3 nitrogen and oxygen atoms in total. The number of hydrogen-bond acceptors (Lipinski definition) is 2. The molecule has 0 radical (unpaired) electrons. The lowest BCUT2D eigenvalue weighted by molar-refractivity contribution is -0.136. The summed E-state index contributed by atoms with van der Waals surface area (Å²) in [6, 6.07) is 11.8. The van der Waals surface area contributed by atoms with Gasteiger partial charge in [0.05, 0.1) is 6.42 Å². The van der Waals surface area contributed by atoms with Crippen molar-refractivity contribution in [2.45, 2.75) is 13.3 Å². The van der Waals surface area contributed by atoms with E-state index in [0.717, 1.165) is 11.3 Å². The van der Waals surface area contributed by atoms with E-state index >= 15 is 0 Å². The van der Waals surface area contributed by atoms with Crippen LogP contribution >= 0.6 is 0 Å². The molecule has 0 aliphatic carbocycles. The lowest BCUT2D eigenvalue weighted by Crippen LogP contribution is -2.04. The maximum atomic E-state index is 13.2. The molecular weight excluding hydrogens is 245 g/mol. The van der Waals surface area contributed by atoms with Crippen molar-refractivity contribution in [2.75, 3.05) is 5.32 Å². The summed E-state index contributed by atoms with van der Waals surface area (Å²) in [6.45, 7) is 1.97. The van der Waals surface area contributed by atoms with Crippen LogP contribution in [-0.4, -0.2) is 11.1 Å². The van der Waals surface area contributed by atoms with Crippen LogP contribution in [-0.2, 0) is 11.2 Å². The molecule has 2 aromatic carbocycles. The van der Waals surface area contributed by atoms with Crippen LogP contribution in [0.4, 0.5) is 15.8 Å². The number of carboxylic acids is 1. The van der Waals surface area contributed by atoms with Crippen LogP contribution in [0, 0.1) is 12.7 Å². The third-order valence-corrected chi connectivity index (χ3v) is 2.71. The van der Waals surface area contributed by atoms with Gasteiger partial charge < -0.3 is 10.4 Å². The number of carbonyl (C=O) groups is 1. The number of rotatable bonds is 4. The first-order chi connectivity index (χ1) is 9.04. The molecule has 0 saturated heterocycles. The number of hydrogen-bond donors (Lipinski definition) is 2. The number of aliphatic carboxylic acids is 1. The summed E-state index contributed by atoms with van der Waals surface area (Å²) >= 11 is 0. The highest BCUT2D eigenvalue weighted by Gasteiger charge is 2.08. The third-order valence-electron chi connectivity index (χ3n) is 2.71. The number of aryl methyl sites for hydroxylation is 1. The predicted octanol–water partition coefficient (Wildman–Crippen LogP) is 3.50. The van der Waals surface area contributed by atoms with Gasteiger partial charge in [-0.05, 0) is 48.4 Å². The second-order valence-electron chi connectivity index (χ2n) is 4.37. The molecule has 0 aliphatic rings. The highest BCUT2D eigenvalue weighted by molar-refractivity contribution is 5.75. The number of anilines is 2. The van der Waals surface area contributed by atoms with Crippen molar-refractivity contribution in [3.05, 3.63) is 59.4 Å². The van der Waals surface area contributed by atoms with Crippen LogP contribution < -0.4 is 5.32 Å². The number of nitrogens with one attached hydrogen (secondary N) is 1. The molecule has 2 N–H and O–H groups in total. The Morgan fingerprint density at radius 3 is 2.74 bits per heavy atom.